The fourth-order valence-electron chi connectivity index (χ4n) is 7.14. The molecular weight excluding hydrogens is 881 g/mol. The van der Waals surface area contributed by atoms with Crippen molar-refractivity contribution in [3.63, 3.8) is 0 Å². The molecule has 0 aliphatic carbocycles. The number of hydrogen-bond donors (Lipinski definition) is 6. The van der Waals surface area contributed by atoms with Gasteiger partial charge in [-0.1, -0.05) is 36.4 Å². The number of carboxylic acid groups (broad SMARTS) is 6. The number of benzene rings is 2. The first-order valence-corrected chi connectivity index (χ1v) is 21.1. The maximum absolute atomic E-state index is 9.55. The molecular formula is C48H52N8O12. The second kappa shape index (κ2) is 26.6. The van der Waals surface area contributed by atoms with Crippen molar-refractivity contribution in [2.75, 3.05) is 40.3 Å². The number of piperidine rings is 2. The fraction of sp³-hybridized carbons (Fsp3) is 0.250. The first-order valence-electron chi connectivity index (χ1n) is 21.1. The Kier molecular flexibility index (Phi) is 20.4. The van der Waals surface area contributed by atoms with Crippen molar-refractivity contribution in [2.45, 2.75) is 37.5 Å². The highest BCUT2D eigenvalue weighted by molar-refractivity contribution is 5.91. The number of aliphatic carboxylic acids is 6. The molecule has 0 amide bonds. The third-order valence-electron chi connectivity index (χ3n) is 10.4. The van der Waals surface area contributed by atoms with Crippen LogP contribution in [0.2, 0.25) is 0 Å². The molecule has 20 nitrogen and oxygen atoms in total. The highest BCUT2D eigenvalue weighted by Gasteiger charge is 2.25. The van der Waals surface area contributed by atoms with Crippen LogP contribution in [0.15, 0.2) is 134 Å². The summed E-state index contributed by atoms with van der Waals surface area (Å²) < 4.78 is 4.12. The molecule has 6 heterocycles. The summed E-state index contributed by atoms with van der Waals surface area (Å²) in [7, 11) is 4.40. The van der Waals surface area contributed by atoms with Gasteiger partial charge in [-0.15, -0.1) is 0 Å². The van der Waals surface area contributed by atoms with Gasteiger partial charge in [0.2, 0.25) is 0 Å². The molecule has 2 aromatic carbocycles. The molecule has 6 aromatic rings. The molecule has 0 atom stereocenters. The van der Waals surface area contributed by atoms with Gasteiger partial charge >= 0.3 is 35.8 Å². The standard InChI is InChI=1S/2C18H20N4.3C4H4O4/c2*1-21-12-8-14(9-13-21)18-16-4-2-3-5-17(16)22(20-18)15-6-10-19-11-7-15;3*5-3(6)1-2-4(7)8/h2*2-7,10-11,14H,8-9,12-13H2,1H3;3*1-2H,(H,5,6)(H,7,8)/b;;3*2-1+. The topological polar surface area (TPSA) is 292 Å². The molecule has 0 bridgehead atoms. The Hall–Kier alpha value is -8.36. The molecule has 2 aliphatic heterocycles. The lowest BCUT2D eigenvalue weighted by molar-refractivity contribution is -0.134. The highest BCUT2D eigenvalue weighted by Crippen LogP contribution is 2.34. The van der Waals surface area contributed by atoms with E-state index in [0.717, 1.165) is 37.6 Å². The number of carboxylic acids is 6. The average Bonchev–Trinajstić information content (AvgIpc) is 3.91. The minimum absolute atomic E-state index is 0.558. The molecule has 0 saturated carbocycles. The van der Waals surface area contributed by atoms with Crippen molar-refractivity contribution >= 4 is 57.6 Å². The predicted molar refractivity (Wildman–Crippen MR) is 250 cm³/mol. The van der Waals surface area contributed by atoms with E-state index in [9.17, 15) is 28.8 Å². The van der Waals surface area contributed by atoms with Crippen LogP contribution in [0, 0.1) is 0 Å². The van der Waals surface area contributed by atoms with Gasteiger partial charge in [-0.05, 0) is 102 Å². The highest BCUT2D eigenvalue weighted by atomic mass is 16.4. The van der Waals surface area contributed by atoms with Gasteiger partial charge in [-0.25, -0.2) is 38.1 Å². The summed E-state index contributed by atoms with van der Waals surface area (Å²) in [6.07, 6.45) is 15.4. The number of carbonyl (C=O) groups is 6. The first kappa shape index (κ1) is 52.3. The first-order chi connectivity index (χ1) is 32.5. The molecule has 4 aromatic heterocycles. The normalized spacial score (nSPS) is 14.4. The van der Waals surface area contributed by atoms with Crippen LogP contribution in [0.1, 0.15) is 48.9 Å². The number of para-hydroxylation sites is 2. The molecule has 2 aliphatic rings. The summed E-state index contributed by atoms with van der Waals surface area (Å²) in [5, 5.41) is 59.4. The second-order valence-electron chi connectivity index (χ2n) is 15.2. The maximum Gasteiger partial charge on any atom is 0.328 e. The zero-order valence-electron chi connectivity index (χ0n) is 37.2. The third-order valence-corrected chi connectivity index (χ3v) is 10.4. The van der Waals surface area contributed by atoms with Gasteiger partial charge in [0.15, 0.2) is 0 Å². The zero-order chi connectivity index (χ0) is 49.6. The van der Waals surface area contributed by atoms with Crippen LogP contribution < -0.4 is 0 Å². The molecule has 356 valence electrons. The van der Waals surface area contributed by atoms with E-state index in [4.69, 9.17) is 40.8 Å². The molecule has 68 heavy (non-hydrogen) atoms. The van der Waals surface area contributed by atoms with Gasteiger partial charge in [0.25, 0.3) is 0 Å². The number of nitrogens with zero attached hydrogens (tertiary/aromatic N) is 8. The number of rotatable bonds is 10. The van der Waals surface area contributed by atoms with E-state index in [1.165, 1.54) is 58.9 Å². The Bertz CT molecular complexity index is 2450. The monoisotopic (exact) mass is 932 g/mol. The van der Waals surface area contributed by atoms with E-state index < -0.39 is 35.8 Å². The SMILES string of the molecule is CN1CCC(c2nn(-c3ccncc3)c3ccccc23)CC1.CN1CCC(c2nn(-c3ccncc3)c3ccccc23)CC1.O=C(O)/C=C/C(=O)O.O=C(O)/C=C/C(=O)O.O=C(O)/C=C/C(=O)O. The minimum atomic E-state index is -1.26. The zero-order valence-corrected chi connectivity index (χ0v) is 37.2. The Morgan fingerprint density at radius 2 is 0.706 bits per heavy atom. The Morgan fingerprint density at radius 1 is 0.441 bits per heavy atom. The van der Waals surface area contributed by atoms with Crippen LogP contribution in [0.4, 0.5) is 0 Å². The van der Waals surface area contributed by atoms with Gasteiger partial charge in [0, 0.05) is 83.9 Å². The fourth-order valence-corrected chi connectivity index (χ4v) is 7.14. The number of fused-ring (bicyclic) bond motifs is 2. The summed E-state index contributed by atoms with van der Waals surface area (Å²) in [5.74, 6) is -6.42. The van der Waals surface area contributed by atoms with Crippen LogP contribution in [0.25, 0.3) is 33.2 Å². The number of likely N-dealkylation sites (tertiary alicyclic amines) is 2. The lowest BCUT2D eigenvalue weighted by Gasteiger charge is -2.28. The number of pyridine rings is 2. The molecule has 0 unspecified atom stereocenters. The lowest BCUT2D eigenvalue weighted by atomic mass is 9.92. The molecule has 0 spiro atoms. The van der Waals surface area contributed by atoms with Crippen molar-refractivity contribution in [1.82, 2.24) is 39.3 Å². The molecule has 0 radical (unpaired) electrons. The van der Waals surface area contributed by atoms with Gasteiger partial charge < -0.3 is 40.4 Å². The van der Waals surface area contributed by atoms with E-state index in [1.54, 1.807) is 0 Å². The van der Waals surface area contributed by atoms with E-state index in [-0.39, 0.29) is 0 Å². The van der Waals surface area contributed by atoms with Crippen LogP contribution in [-0.2, 0) is 28.8 Å². The summed E-state index contributed by atoms with van der Waals surface area (Å²) in [5.41, 5.74) is 7.02. The van der Waals surface area contributed by atoms with Crippen LogP contribution in [0.5, 0.6) is 0 Å². The van der Waals surface area contributed by atoms with Crippen LogP contribution >= 0.6 is 0 Å². The number of hydrogen-bond acceptors (Lipinski definition) is 12. The third kappa shape index (κ3) is 16.9. The van der Waals surface area contributed by atoms with Crippen molar-refractivity contribution in [1.29, 1.82) is 0 Å². The number of aromatic nitrogens is 6. The largest absolute Gasteiger partial charge is 0.478 e. The van der Waals surface area contributed by atoms with Crippen LogP contribution in [-0.4, -0.2) is 146 Å². The Balaban J connectivity index is 0.000000204. The minimum Gasteiger partial charge on any atom is -0.478 e. The van der Waals surface area contributed by atoms with E-state index in [0.29, 0.717) is 48.3 Å². The van der Waals surface area contributed by atoms with Crippen molar-refractivity contribution in [2.24, 2.45) is 0 Å². The van der Waals surface area contributed by atoms with Gasteiger partial charge in [0.05, 0.1) is 33.8 Å². The summed E-state index contributed by atoms with van der Waals surface area (Å²) in [6, 6.07) is 25.1. The van der Waals surface area contributed by atoms with E-state index in [1.807, 2.05) is 49.1 Å². The Morgan fingerprint density at radius 3 is 0.971 bits per heavy atom. The predicted octanol–water partition coefficient (Wildman–Crippen LogP) is 5.59. The van der Waals surface area contributed by atoms with Gasteiger partial charge in [0.1, 0.15) is 0 Å². The molecule has 8 rings (SSSR count). The van der Waals surface area contributed by atoms with E-state index >= 15 is 0 Å². The van der Waals surface area contributed by atoms with Gasteiger partial charge in [-0.3, -0.25) is 9.97 Å². The van der Waals surface area contributed by atoms with Crippen LogP contribution in [0.3, 0.4) is 0 Å². The molecule has 20 heteroatoms. The quantitative estimate of drug-likeness (QED) is 0.0912. The molecule has 2 saturated heterocycles. The summed E-state index contributed by atoms with van der Waals surface area (Å²) >= 11 is 0. The van der Waals surface area contributed by atoms with Crippen molar-refractivity contribution < 1.29 is 59.4 Å². The maximum atomic E-state index is 9.55. The average molecular weight is 933 g/mol. The van der Waals surface area contributed by atoms with Gasteiger partial charge in [-0.2, -0.15) is 10.2 Å². The Labute approximate surface area is 390 Å². The molecule has 6 N–H and O–H groups in total. The lowest BCUT2D eigenvalue weighted by Crippen LogP contribution is -2.29. The summed E-state index contributed by atoms with van der Waals surface area (Å²) in [6.45, 7) is 4.62. The molecule has 2 fully saturated rings. The van der Waals surface area contributed by atoms with Crippen molar-refractivity contribution in [3.05, 3.63) is 145 Å². The van der Waals surface area contributed by atoms with Crippen molar-refractivity contribution in [3.8, 4) is 11.4 Å². The summed E-state index contributed by atoms with van der Waals surface area (Å²) in [4.78, 5) is 70.3. The second-order valence-corrected chi connectivity index (χ2v) is 15.2. The van der Waals surface area contributed by atoms with E-state index in [2.05, 4.69) is 91.8 Å². The smallest absolute Gasteiger partial charge is 0.328 e.